The zero-order valence-corrected chi connectivity index (χ0v) is 15.9. The molecule has 6 aromatic rings. The van der Waals surface area contributed by atoms with E-state index in [2.05, 4.69) is 73.0 Å². The molecule has 140 valence electrons. The van der Waals surface area contributed by atoms with E-state index < -0.39 is 0 Å². The summed E-state index contributed by atoms with van der Waals surface area (Å²) in [6.07, 6.45) is 2.02. The molecule has 0 aliphatic carbocycles. The molecule has 0 fully saturated rings. The van der Waals surface area contributed by atoms with Gasteiger partial charge < -0.3 is 9.97 Å². The molecule has 3 aromatic carbocycles. The Morgan fingerprint density at radius 3 is 2.72 bits per heavy atom. The molecule has 0 atom stereocenters. The van der Waals surface area contributed by atoms with Crippen LogP contribution in [0.4, 0.5) is 0 Å². The molecule has 0 spiro atoms. The van der Waals surface area contributed by atoms with Crippen LogP contribution in [0.5, 0.6) is 0 Å². The fourth-order valence-corrected chi connectivity index (χ4v) is 3.96. The Morgan fingerprint density at radius 2 is 1.76 bits per heavy atom. The third-order valence-electron chi connectivity index (χ3n) is 5.36. The Labute approximate surface area is 166 Å². The van der Waals surface area contributed by atoms with Crippen LogP contribution in [0.2, 0.25) is 0 Å². The monoisotopic (exact) mass is 379 g/mol. The second-order valence-electron chi connectivity index (χ2n) is 7.41. The number of hydrogen-bond donors (Lipinski definition) is 3. The fourth-order valence-electron chi connectivity index (χ4n) is 3.96. The number of benzene rings is 3. The first-order chi connectivity index (χ1) is 14.2. The van der Waals surface area contributed by atoms with E-state index in [0.717, 1.165) is 51.3 Å². The molecule has 6 rings (SSSR count). The van der Waals surface area contributed by atoms with E-state index in [1.807, 2.05) is 25.4 Å². The van der Waals surface area contributed by atoms with Gasteiger partial charge in [0.2, 0.25) is 6.33 Å². The maximum Gasteiger partial charge on any atom is 0.242 e. The molecule has 0 bridgehead atoms. The molecule has 3 aromatic heterocycles. The highest BCUT2D eigenvalue weighted by Crippen LogP contribution is 2.24. The largest absolute Gasteiger partial charge is 0.342 e. The standard InChI is InChI=1S/C23H18N6/c1-14-25-17-9-7-16(11-21(17)26-14)23-27-18-8-6-15(10-20(18)28-23)12-29-13-24-19-4-2-3-5-22(19)29/h2-11,13H,12H2,1H3,(H2,25,26,27,28)/p+1. The first-order valence-electron chi connectivity index (χ1n) is 9.64. The van der Waals surface area contributed by atoms with Crippen LogP contribution in [0, 0.1) is 6.92 Å². The maximum absolute atomic E-state index is 4.84. The van der Waals surface area contributed by atoms with Gasteiger partial charge >= 0.3 is 0 Å². The molecule has 29 heavy (non-hydrogen) atoms. The maximum atomic E-state index is 4.84. The quantitative estimate of drug-likeness (QED) is 0.402. The van der Waals surface area contributed by atoms with Crippen molar-refractivity contribution < 1.29 is 4.57 Å². The van der Waals surface area contributed by atoms with Gasteiger partial charge in [-0.3, -0.25) is 0 Å². The lowest BCUT2D eigenvalue weighted by molar-refractivity contribution is -0.662. The van der Waals surface area contributed by atoms with Crippen molar-refractivity contribution in [1.29, 1.82) is 0 Å². The van der Waals surface area contributed by atoms with Gasteiger partial charge in [-0.05, 0) is 55.0 Å². The zero-order chi connectivity index (χ0) is 19.4. The summed E-state index contributed by atoms with van der Waals surface area (Å²) in [7, 11) is 0. The van der Waals surface area contributed by atoms with Gasteiger partial charge in [-0.1, -0.05) is 18.2 Å². The third kappa shape index (κ3) is 2.69. The first-order valence-corrected chi connectivity index (χ1v) is 9.64. The lowest BCUT2D eigenvalue weighted by atomic mass is 10.2. The van der Waals surface area contributed by atoms with Gasteiger partial charge in [-0.25, -0.2) is 19.5 Å². The molecular weight excluding hydrogens is 360 g/mol. The Hall–Kier alpha value is -3.93. The summed E-state index contributed by atoms with van der Waals surface area (Å²) < 4.78 is 2.22. The smallest absolute Gasteiger partial charge is 0.242 e. The number of hydrogen-bond acceptors (Lipinski definition) is 2. The minimum Gasteiger partial charge on any atom is -0.342 e. The van der Waals surface area contributed by atoms with E-state index in [4.69, 9.17) is 4.98 Å². The molecule has 0 amide bonds. The summed E-state index contributed by atoms with van der Waals surface area (Å²) in [5, 5.41) is 0. The van der Waals surface area contributed by atoms with Crippen LogP contribution >= 0.6 is 0 Å². The first kappa shape index (κ1) is 16.1. The molecule has 3 heterocycles. The molecule has 0 aliphatic heterocycles. The number of nitrogens with zero attached hydrogens (tertiary/aromatic N) is 3. The number of aromatic amines is 3. The predicted octanol–water partition coefficient (Wildman–Crippen LogP) is 4.23. The highest BCUT2D eigenvalue weighted by Gasteiger charge is 2.12. The van der Waals surface area contributed by atoms with Gasteiger partial charge in [0.05, 0.1) is 22.1 Å². The Morgan fingerprint density at radius 1 is 0.828 bits per heavy atom. The van der Waals surface area contributed by atoms with Crippen molar-refractivity contribution >= 4 is 33.1 Å². The number of nitrogens with one attached hydrogen (secondary N) is 3. The van der Waals surface area contributed by atoms with E-state index >= 15 is 0 Å². The SMILES string of the molecule is Cc1nc2ccc(-c3nc4cc(C[n+]5c[nH]c6ccccc65)ccc4[nH]3)cc2[nH]1. The summed E-state index contributed by atoms with van der Waals surface area (Å²) in [5.41, 5.74) is 8.60. The molecule has 0 saturated carbocycles. The van der Waals surface area contributed by atoms with Crippen LogP contribution in [0.25, 0.3) is 44.5 Å². The summed E-state index contributed by atoms with van der Waals surface area (Å²) in [5.74, 6) is 1.78. The van der Waals surface area contributed by atoms with Crippen LogP contribution in [0.15, 0.2) is 67.0 Å². The van der Waals surface area contributed by atoms with Crippen LogP contribution in [-0.2, 0) is 6.54 Å². The third-order valence-corrected chi connectivity index (χ3v) is 5.36. The van der Waals surface area contributed by atoms with E-state index in [9.17, 15) is 0 Å². The molecule has 0 unspecified atom stereocenters. The van der Waals surface area contributed by atoms with Crippen molar-refractivity contribution in [1.82, 2.24) is 24.9 Å². The molecule has 6 heteroatoms. The number of fused-ring (bicyclic) bond motifs is 3. The molecule has 6 nitrogen and oxygen atoms in total. The van der Waals surface area contributed by atoms with Crippen molar-refractivity contribution in [3.05, 3.63) is 78.4 Å². The van der Waals surface area contributed by atoms with Crippen molar-refractivity contribution in [3.63, 3.8) is 0 Å². The van der Waals surface area contributed by atoms with Gasteiger partial charge in [-0.15, -0.1) is 0 Å². The zero-order valence-electron chi connectivity index (χ0n) is 15.9. The van der Waals surface area contributed by atoms with E-state index in [0.29, 0.717) is 0 Å². The Balaban J connectivity index is 1.37. The predicted molar refractivity (Wildman–Crippen MR) is 114 cm³/mol. The summed E-state index contributed by atoms with van der Waals surface area (Å²) in [6, 6.07) is 20.9. The second kappa shape index (κ2) is 6.04. The topological polar surface area (TPSA) is 77.0 Å². The van der Waals surface area contributed by atoms with Crippen molar-refractivity contribution in [2.75, 3.05) is 0 Å². The molecule has 0 saturated heterocycles. The molecule has 0 radical (unpaired) electrons. The highest BCUT2D eigenvalue weighted by molar-refractivity contribution is 5.84. The van der Waals surface area contributed by atoms with Crippen molar-refractivity contribution in [2.24, 2.45) is 0 Å². The average Bonchev–Trinajstić information content (AvgIpc) is 3.43. The molecule has 3 N–H and O–H groups in total. The Kier molecular flexibility index (Phi) is 3.34. The lowest BCUT2D eigenvalue weighted by Gasteiger charge is -1.99. The number of para-hydroxylation sites is 2. The van der Waals surface area contributed by atoms with E-state index in [1.165, 1.54) is 11.1 Å². The molecular formula is C23H19N6+. The van der Waals surface area contributed by atoms with Gasteiger partial charge in [0.25, 0.3) is 0 Å². The number of imidazole rings is 3. The average molecular weight is 379 g/mol. The number of aromatic nitrogens is 6. The van der Waals surface area contributed by atoms with Crippen molar-refractivity contribution in [2.45, 2.75) is 13.5 Å². The number of H-pyrrole nitrogens is 3. The Bertz CT molecular complexity index is 1500. The second-order valence-corrected chi connectivity index (χ2v) is 7.41. The van der Waals surface area contributed by atoms with Crippen molar-refractivity contribution in [3.8, 4) is 11.4 Å². The normalized spacial score (nSPS) is 11.8. The minimum atomic E-state index is 0.793. The summed E-state index contributed by atoms with van der Waals surface area (Å²) >= 11 is 0. The van der Waals surface area contributed by atoms with Crippen LogP contribution < -0.4 is 4.57 Å². The van der Waals surface area contributed by atoms with E-state index in [1.54, 1.807) is 0 Å². The van der Waals surface area contributed by atoms with Crippen LogP contribution in [0.1, 0.15) is 11.4 Å². The van der Waals surface area contributed by atoms with Crippen LogP contribution in [-0.4, -0.2) is 24.9 Å². The summed E-state index contributed by atoms with van der Waals surface area (Å²) in [4.78, 5) is 19.4. The number of aryl methyl sites for hydroxylation is 1. The van der Waals surface area contributed by atoms with Gasteiger partial charge in [0.15, 0.2) is 11.0 Å². The number of rotatable bonds is 3. The summed E-state index contributed by atoms with van der Waals surface area (Å²) in [6.45, 7) is 2.76. The highest BCUT2D eigenvalue weighted by atomic mass is 15.0. The molecule has 0 aliphatic rings. The van der Waals surface area contributed by atoms with Gasteiger partial charge in [0, 0.05) is 5.56 Å². The lowest BCUT2D eigenvalue weighted by Crippen LogP contribution is -2.32. The van der Waals surface area contributed by atoms with Gasteiger partial charge in [0.1, 0.15) is 18.2 Å². The van der Waals surface area contributed by atoms with E-state index in [-0.39, 0.29) is 0 Å². The van der Waals surface area contributed by atoms with Crippen LogP contribution in [0.3, 0.4) is 0 Å². The fraction of sp³-hybridized carbons (Fsp3) is 0.0870. The minimum absolute atomic E-state index is 0.793. The van der Waals surface area contributed by atoms with Gasteiger partial charge in [-0.2, -0.15) is 0 Å².